The molecule has 0 saturated carbocycles. The maximum atomic E-state index is 5.49. The zero-order valence-corrected chi connectivity index (χ0v) is 13.2. The second-order valence-corrected chi connectivity index (χ2v) is 5.96. The van der Waals surface area contributed by atoms with Gasteiger partial charge in [0.25, 0.3) is 0 Å². The third-order valence-electron chi connectivity index (χ3n) is 4.13. The Balaban J connectivity index is 1.87. The molecule has 0 bridgehead atoms. The summed E-state index contributed by atoms with van der Waals surface area (Å²) in [5, 5.41) is 3.75. The van der Waals surface area contributed by atoms with Crippen molar-refractivity contribution in [2.45, 2.75) is 52.2 Å². The number of ether oxygens (including phenoxy) is 1. The second-order valence-electron chi connectivity index (χ2n) is 5.96. The highest BCUT2D eigenvalue weighted by molar-refractivity contribution is 5.29. The third kappa shape index (κ3) is 3.97. The van der Waals surface area contributed by atoms with Gasteiger partial charge in [-0.05, 0) is 58.4 Å². The molecule has 1 saturated heterocycles. The Morgan fingerprint density at radius 3 is 2.50 bits per heavy atom. The average Bonchev–Trinajstić information content (AvgIpc) is 2.88. The fraction of sp³-hybridized carbons (Fsp3) is 0.647. The summed E-state index contributed by atoms with van der Waals surface area (Å²) in [6.45, 7) is 11.9. The first-order valence-corrected chi connectivity index (χ1v) is 7.83. The summed E-state index contributed by atoms with van der Waals surface area (Å²) in [6.07, 6.45) is 1.25. The molecule has 3 nitrogen and oxygen atoms in total. The van der Waals surface area contributed by atoms with E-state index >= 15 is 0 Å². The number of hydrogen-bond acceptors (Lipinski definition) is 3. The van der Waals surface area contributed by atoms with Gasteiger partial charge in [0.1, 0.15) is 5.75 Å². The van der Waals surface area contributed by atoms with Crippen molar-refractivity contribution in [3.8, 4) is 5.75 Å². The maximum Gasteiger partial charge on any atom is 0.119 e. The van der Waals surface area contributed by atoms with Gasteiger partial charge in [0, 0.05) is 24.7 Å². The molecule has 1 aliphatic heterocycles. The highest BCUT2D eigenvalue weighted by Crippen LogP contribution is 2.20. The average molecular weight is 276 g/mol. The molecule has 0 radical (unpaired) electrons. The van der Waals surface area contributed by atoms with Crippen molar-refractivity contribution in [2.75, 3.05) is 19.7 Å². The van der Waals surface area contributed by atoms with Gasteiger partial charge in [-0.1, -0.05) is 12.1 Å². The lowest BCUT2D eigenvalue weighted by atomic mass is 10.1. The van der Waals surface area contributed by atoms with E-state index in [9.17, 15) is 0 Å². The van der Waals surface area contributed by atoms with Gasteiger partial charge in [-0.2, -0.15) is 0 Å². The molecular formula is C17H28N2O. The molecule has 20 heavy (non-hydrogen) atoms. The van der Waals surface area contributed by atoms with Crippen LogP contribution < -0.4 is 10.1 Å². The van der Waals surface area contributed by atoms with Crippen molar-refractivity contribution >= 4 is 0 Å². The van der Waals surface area contributed by atoms with Crippen LogP contribution in [0, 0.1) is 0 Å². The highest BCUT2D eigenvalue weighted by Gasteiger charge is 2.25. The first-order valence-electron chi connectivity index (χ1n) is 7.83. The molecule has 1 aliphatic rings. The Kier molecular flexibility index (Phi) is 5.44. The fourth-order valence-corrected chi connectivity index (χ4v) is 2.86. The summed E-state index contributed by atoms with van der Waals surface area (Å²) in [5.74, 6) is 0.954. The van der Waals surface area contributed by atoms with Crippen molar-refractivity contribution in [3.05, 3.63) is 29.8 Å². The number of nitrogens with zero attached hydrogens (tertiary/aromatic N) is 1. The Bertz CT molecular complexity index is 402. The van der Waals surface area contributed by atoms with E-state index in [0.717, 1.165) is 12.4 Å². The smallest absolute Gasteiger partial charge is 0.119 e. The summed E-state index contributed by atoms with van der Waals surface area (Å²) in [6, 6.07) is 10.1. The Morgan fingerprint density at radius 2 is 1.95 bits per heavy atom. The molecule has 3 heteroatoms. The van der Waals surface area contributed by atoms with Crippen LogP contribution in [0.15, 0.2) is 24.3 Å². The molecule has 2 unspecified atom stereocenters. The van der Waals surface area contributed by atoms with Gasteiger partial charge in [-0.3, -0.25) is 4.90 Å². The predicted octanol–water partition coefficient (Wildman–Crippen LogP) is 3.22. The van der Waals surface area contributed by atoms with Crippen LogP contribution in [0.2, 0.25) is 0 Å². The highest BCUT2D eigenvalue weighted by atomic mass is 16.5. The molecule has 1 heterocycles. The largest absolute Gasteiger partial charge is 0.494 e. The van der Waals surface area contributed by atoms with Crippen LogP contribution in [-0.2, 0) is 0 Å². The van der Waals surface area contributed by atoms with E-state index in [4.69, 9.17) is 4.74 Å². The molecule has 1 N–H and O–H groups in total. The first-order chi connectivity index (χ1) is 9.60. The van der Waals surface area contributed by atoms with E-state index in [1.807, 2.05) is 6.92 Å². The number of likely N-dealkylation sites (tertiary alicyclic amines) is 1. The van der Waals surface area contributed by atoms with Gasteiger partial charge < -0.3 is 10.1 Å². The fourth-order valence-electron chi connectivity index (χ4n) is 2.86. The number of hydrogen-bond donors (Lipinski definition) is 1. The van der Waals surface area contributed by atoms with Gasteiger partial charge in [-0.25, -0.2) is 0 Å². The molecular weight excluding hydrogens is 248 g/mol. The Morgan fingerprint density at radius 1 is 1.25 bits per heavy atom. The summed E-state index contributed by atoms with van der Waals surface area (Å²) in [7, 11) is 0. The van der Waals surface area contributed by atoms with Crippen LogP contribution in [0.5, 0.6) is 5.75 Å². The zero-order valence-electron chi connectivity index (χ0n) is 13.2. The van der Waals surface area contributed by atoms with E-state index < -0.39 is 0 Å². The number of nitrogens with one attached hydrogen (secondary N) is 1. The lowest BCUT2D eigenvalue weighted by Crippen LogP contribution is -2.36. The van der Waals surface area contributed by atoms with Gasteiger partial charge in [0.2, 0.25) is 0 Å². The van der Waals surface area contributed by atoms with E-state index in [1.165, 1.54) is 25.1 Å². The summed E-state index contributed by atoms with van der Waals surface area (Å²) >= 11 is 0. The molecule has 1 aromatic carbocycles. The van der Waals surface area contributed by atoms with E-state index in [-0.39, 0.29) is 0 Å². The van der Waals surface area contributed by atoms with E-state index in [1.54, 1.807) is 0 Å². The molecule has 112 valence electrons. The van der Waals surface area contributed by atoms with E-state index in [2.05, 4.69) is 55.3 Å². The van der Waals surface area contributed by atoms with Crippen molar-refractivity contribution in [2.24, 2.45) is 0 Å². The minimum atomic E-state index is 0.391. The molecule has 1 aromatic rings. The molecule has 0 aromatic heterocycles. The lowest BCUT2D eigenvalue weighted by Gasteiger charge is -2.23. The van der Waals surface area contributed by atoms with E-state index in [0.29, 0.717) is 18.1 Å². The standard InChI is InChI=1S/C17H28N2O/c1-5-20-17-8-6-15(7-9-17)14(4)18-16-10-11-19(12-16)13(2)3/h6-9,13-14,16,18H,5,10-12H2,1-4H3. The Hall–Kier alpha value is -1.06. The van der Waals surface area contributed by atoms with Crippen LogP contribution in [0.4, 0.5) is 0 Å². The van der Waals surface area contributed by atoms with Crippen molar-refractivity contribution < 1.29 is 4.74 Å². The normalized spacial score (nSPS) is 21.4. The first kappa shape index (κ1) is 15.3. The van der Waals surface area contributed by atoms with Crippen LogP contribution in [0.25, 0.3) is 0 Å². The molecule has 0 spiro atoms. The minimum absolute atomic E-state index is 0.391. The topological polar surface area (TPSA) is 24.5 Å². The summed E-state index contributed by atoms with van der Waals surface area (Å²) in [4.78, 5) is 2.54. The molecule has 1 fully saturated rings. The summed E-state index contributed by atoms with van der Waals surface area (Å²) in [5.41, 5.74) is 1.33. The second kappa shape index (κ2) is 7.09. The monoisotopic (exact) mass is 276 g/mol. The van der Waals surface area contributed by atoms with Crippen molar-refractivity contribution in [1.82, 2.24) is 10.2 Å². The zero-order chi connectivity index (χ0) is 14.5. The molecule has 0 aliphatic carbocycles. The predicted molar refractivity (Wildman–Crippen MR) is 84.3 cm³/mol. The SMILES string of the molecule is CCOc1ccc(C(C)NC2CCN(C(C)C)C2)cc1. The maximum absolute atomic E-state index is 5.49. The summed E-state index contributed by atoms with van der Waals surface area (Å²) < 4.78 is 5.49. The van der Waals surface area contributed by atoms with Crippen molar-refractivity contribution in [1.29, 1.82) is 0 Å². The van der Waals surface area contributed by atoms with Crippen molar-refractivity contribution in [3.63, 3.8) is 0 Å². The van der Waals surface area contributed by atoms with Gasteiger partial charge in [-0.15, -0.1) is 0 Å². The number of benzene rings is 1. The van der Waals surface area contributed by atoms with Crippen LogP contribution in [0.3, 0.4) is 0 Å². The number of rotatable bonds is 6. The van der Waals surface area contributed by atoms with Gasteiger partial charge in [0.15, 0.2) is 0 Å². The minimum Gasteiger partial charge on any atom is -0.494 e. The van der Waals surface area contributed by atoms with Crippen LogP contribution in [-0.4, -0.2) is 36.7 Å². The van der Waals surface area contributed by atoms with Crippen LogP contribution in [0.1, 0.15) is 45.7 Å². The lowest BCUT2D eigenvalue weighted by molar-refractivity contribution is 0.266. The third-order valence-corrected chi connectivity index (χ3v) is 4.13. The van der Waals surface area contributed by atoms with Crippen LogP contribution >= 0.6 is 0 Å². The molecule has 0 amide bonds. The van der Waals surface area contributed by atoms with Gasteiger partial charge >= 0.3 is 0 Å². The van der Waals surface area contributed by atoms with Gasteiger partial charge in [0.05, 0.1) is 6.61 Å². The Labute approximate surface area is 123 Å². The molecule has 2 rings (SSSR count). The quantitative estimate of drug-likeness (QED) is 0.863. The molecule has 2 atom stereocenters.